The van der Waals surface area contributed by atoms with Crippen molar-refractivity contribution in [3.05, 3.63) is 83.4 Å². The predicted molar refractivity (Wildman–Crippen MR) is 159 cm³/mol. The van der Waals surface area contributed by atoms with Crippen LogP contribution in [0.15, 0.2) is 66.7 Å². The molecule has 1 saturated heterocycles. The van der Waals surface area contributed by atoms with Crippen molar-refractivity contribution in [1.29, 1.82) is 0 Å². The standard InChI is InChI=1S/C31H34F3N5O4/c1-4-37(5-2)29(41)26-20-24(35-28(40)21-9-12-25(43-3)13-10-21)11-14-27(26)38-15-17-39(18-16-38)30(42)36-23-8-6-7-22(19-23)31(32,33)34/h6-14,19-20H,4-5,15-18H2,1-3H3,(H,35,40)(H,36,42). The van der Waals surface area contributed by atoms with Crippen LogP contribution < -0.4 is 20.3 Å². The number of hydrogen-bond donors (Lipinski definition) is 2. The molecular weight excluding hydrogens is 563 g/mol. The molecule has 12 heteroatoms. The lowest BCUT2D eigenvalue weighted by molar-refractivity contribution is -0.137. The van der Waals surface area contributed by atoms with E-state index in [4.69, 9.17) is 4.74 Å². The van der Waals surface area contributed by atoms with Crippen molar-refractivity contribution >= 4 is 34.9 Å². The van der Waals surface area contributed by atoms with Crippen LogP contribution in [0.4, 0.5) is 35.0 Å². The third kappa shape index (κ3) is 7.56. The van der Waals surface area contributed by atoms with Crippen molar-refractivity contribution < 1.29 is 32.3 Å². The number of halogens is 3. The summed E-state index contributed by atoms with van der Waals surface area (Å²) in [5.74, 6) is 0.101. The van der Waals surface area contributed by atoms with E-state index in [1.165, 1.54) is 17.0 Å². The number of methoxy groups -OCH3 is 1. The van der Waals surface area contributed by atoms with Crippen molar-refractivity contribution in [3.8, 4) is 5.75 Å². The molecule has 0 saturated carbocycles. The molecule has 4 amide bonds. The van der Waals surface area contributed by atoms with E-state index in [0.717, 1.165) is 12.1 Å². The third-order valence-electron chi connectivity index (χ3n) is 7.24. The Kier molecular flexibility index (Phi) is 9.79. The second-order valence-electron chi connectivity index (χ2n) is 9.87. The van der Waals surface area contributed by atoms with Gasteiger partial charge in [0.2, 0.25) is 0 Å². The molecule has 2 N–H and O–H groups in total. The largest absolute Gasteiger partial charge is 0.497 e. The molecule has 0 radical (unpaired) electrons. The van der Waals surface area contributed by atoms with E-state index < -0.39 is 17.8 Å². The molecular formula is C31H34F3N5O4. The molecule has 0 aliphatic carbocycles. The van der Waals surface area contributed by atoms with E-state index in [0.29, 0.717) is 67.5 Å². The van der Waals surface area contributed by atoms with Gasteiger partial charge < -0.3 is 30.1 Å². The van der Waals surface area contributed by atoms with Gasteiger partial charge in [0.05, 0.1) is 18.2 Å². The molecule has 0 atom stereocenters. The Morgan fingerprint density at radius 1 is 0.860 bits per heavy atom. The molecule has 1 fully saturated rings. The topological polar surface area (TPSA) is 94.2 Å². The van der Waals surface area contributed by atoms with Crippen LogP contribution in [0.5, 0.6) is 5.75 Å². The molecule has 0 aromatic heterocycles. The van der Waals surface area contributed by atoms with Gasteiger partial charge in [0, 0.05) is 61.9 Å². The number of hydrogen-bond acceptors (Lipinski definition) is 5. The van der Waals surface area contributed by atoms with E-state index >= 15 is 0 Å². The van der Waals surface area contributed by atoms with Gasteiger partial charge in [-0.3, -0.25) is 9.59 Å². The van der Waals surface area contributed by atoms with Gasteiger partial charge in [-0.15, -0.1) is 0 Å². The minimum atomic E-state index is -4.51. The Labute approximate surface area is 248 Å². The van der Waals surface area contributed by atoms with Crippen LogP contribution in [0.3, 0.4) is 0 Å². The monoisotopic (exact) mass is 597 g/mol. The fraction of sp³-hybridized carbons (Fsp3) is 0.323. The predicted octanol–water partition coefficient (Wildman–Crippen LogP) is 5.80. The average molecular weight is 598 g/mol. The number of urea groups is 1. The number of nitrogens with one attached hydrogen (secondary N) is 2. The van der Waals surface area contributed by atoms with Crippen molar-refractivity contribution in [3.63, 3.8) is 0 Å². The van der Waals surface area contributed by atoms with Crippen LogP contribution >= 0.6 is 0 Å². The smallest absolute Gasteiger partial charge is 0.416 e. The molecule has 43 heavy (non-hydrogen) atoms. The van der Waals surface area contributed by atoms with E-state index in [-0.39, 0.29) is 17.5 Å². The molecule has 1 aliphatic rings. The lowest BCUT2D eigenvalue weighted by Crippen LogP contribution is -2.50. The summed E-state index contributed by atoms with van der Waals surface area (Å²) in [5.41, 5.74) is 1.18. The molecule has 0 unspecified atom stereocenters. The van der Waals surface area contributed by atoms with Gasteiger partial charge in [0.15, 0.2) is 0 Å². The van der Waals surface area contributed by atoms with Crippen molar-refractivity contribution in [1.82, 2.24) is 9.80 Å². The van der Waals surface area contributed by atoms with E-state index in [1.54, 1.807) is 54.5 Å². The highest BCUT2D eigenvalue weighted by Crippen LogP contribution is 2.31. The molecule has 228 valence electrons. The maximum absolute atomic E-state index is 13.5. The normalized spacial score (nSPS) is 13.3. The molecule has 0 spiro atoms. The van der Waals surface area contributed by atoms with Gasteiger partial charge in [-0.2, -0.15) is 13.2 Å². The minimum absolute atomic E-state index is 0.0571. The Balaban J connectivity index is 1.48. The highest BCUT2D eigenvalue weighted by molar-refractivity contribution is 6.06. The molecule has 4 rings (SSSR count). The zero-order chi connectivity index (χ0) is 31.1. The lowest BCUT2D eigenvalue weighted by atomic mass is 10.1. The maximum Gasteiger partial charge on any atom is 0.416 e. The molecule has 3 aromatic rings. The van der Waals surface area contributed by atoms with Gasteiger partial charge >= 0.3 is 12.2 Å². The fourth-order valence-corrected chi connectivity index (χ4v) is 4.81. The van der Waals surface area contributed by atoms with E-state index in [1.807, 2.05) is 18.7 Å². The summed E-state index contributed by atoms with van der Waals surface area (Å²) in [7, 11) is 1.54. The van der Waals surface area contributed by atoms with Crippen LogP contribution in [-0.4, -0.2) is 74.0 Å². The third-order valence-corrected chi connectivity index (χ3v) is 7.24. The Hall–Kier alpha value is -4.74. The quantitative estimate of drug-likeness (QED) is 0.342. The summed E-state index contributed by atoms with van der Waals surface area (Å²) in [5, 5.41) is 5.40. The van der Waals surface area contributed by atoms with Crippen LogP contribution in [0, 0.1) is 0 Å². The zero-order valence-corrected chi connectivity index (χ0v) is 24.2. The van der Waals surface area contributed by atoms with E-state index in [9.17, 15) is 27.6 Å². The molecule has 3 aromatic carbocycles. The first-order chi connectivity index (χ1) is 20.5. The lowest BCUT2D eigenvalue weighted by Gasteiger charge is -2.37. The summed E-state index contributed by atoms with van der Waals surface area (Å²) >= 11 is 0. The first-order valence-electron chi connectivity index (χ1n) is 13.9. The van der Waals surface area contributed by atoms with Crippen LogP contribution in [-0.2, 0) is 6.18 Å². The highest BCUT2D eigenvalue weighted by Gasteiger charge is 2.31. The molecule has 0 bridgehead atoms. The number of nitrogens with zero attached hydrogens (tertiary/aromatic N) is 3. The van der Waals surface area contributed by atoms with Gasteiger partial charge in [-0.1, -0.05) is 6.07 Å². The number of piperazine rings is 1. The summed E-state index contributed by atoms with van der Waals surface area (Å²) < 4.78 is 44.3. The molecule has 1 heterocycles. The van der Waals surface area contributed by atoms with Gasteiger partial charge in [-0.25, -0.2) is 4.79 Å². The van der Waals surface area contributed by atoms with Crippen LogP contribution in [0.1, 0.15) is 40.1 Å². The van der Waals surface area contributed by atoms with Crippen LogP contribution in [0.2, 0.25) is 0 Å². The second-order valence-corrected chi connectivity index (χ2v) is 9.87. The number of benzene rings is 3. The number of carbonyl (C=O) groups excluding carboxylic acids is 3. The van der Waals surface area contributed by atoms with Crippen LogP contribution in [0.25, 0.3) is 0 Å². The fourth-order valence-electron chi connectivity index (χ4n) is 4.81. The first-order valence-corrected chi connectivity index (χ1v) is 13.9. The van der Waals surface area contributed by atoms with Gasteiger partial charge in [0.25, 0.3) is 11.8 Å². The number of rotatable bonds is 8. The molecule has 1 aliphatic heterocycles. The number of carbonyl (C=O) groups is 3. The highest BCUT2D eigenvalue weighted by atomic mass is 19.4. The minimum Gasteiger partial charge on any atom is -0.497 e. The van der Waals surface area contributed by atoms with E-state index in [2.05, 4.69) is 10.6 Å². The Morgan fingerprint density at radius 3 is 2.12 bits per heavy atom. The first kappa shape index (κ1) is 31.2. The van der Waals surface area contributed by atoms with Gasteiger partial charge in [-0.05, 0) is 74.5 Å². The van der Waals surface area contributed by atoms with Crippen molar-refractivity contribution in [2.75, 3.05) is 61.9 Å². The summed E-state index contributed by atoms with van der Waals surface area (Å²) in [6, 6.07) is 15.8. The number of anilines is 3. The number of ether oxygens (including phenoxy) is 1. The summed E-state index contributed by atoms with van der Waals surface area (Å²) in [4.78, 5) is 44.4. The number of alkyl halides is 3. The zero-order valence-electron chi connectivity index (χ0n) is 24.2. The Morgan fingerprint density at radius 2 is 1.51 bits per heavy atom. The maximum atomic E-state index is 13.5. The van der Waals surface area contributed by atoms with Crippen molar-refractivity contribution in [2.45, 2.75) is 20.0 Å². The Bertz CT molecular complexity index is 1450. The van der Waals surface area contributed by atoms with Crippen molar-refractivity contribution in [2.24, 2.45) is 0 Å². The molecule has 9 nitrogen and oxygen atoms in total. The summed E-state index contributed by atoms with van der Waals surface area (Å²) in [6.07, 6.45) is -4.51. The van der Waals surface area contributed by atoms with Gasteiger partial charge in [0.1, 0.15) is 5.75 Å². The average Bonchev–Trinajstić information content (AvgIpc) is 3.01. The number of amides is 4. The summed E-state index contributed by atoms with van der Waals surface area (Å²) in [6.45, 7) is 6.15. The second kappa shape index (κ2) is 13.5. The SMILES string of the molecule is CCN(CC)C(=O)c1cc(NC(=O)c2ccc(OC)cc2)ccc1N1CCN(C(=O)Nc2cccc(C(F)(F)F)c2)CC1.